The van der Waals surface area contributed by atoms with E-state index in [-0.39, 0.29) is 10.6 Å². The second kappa shape index (κ2) is 4.49. The lowest BCUT2D eigenvalue weighted by Crippen LogP contribution is -2.08. The molecule has 0 amide bonds. The predicted octanol–water partition coefficient (Wildman–Crippen LogP) is 3.54. The van der Waals surface area contributed by atoms with Gasteiger partial charge in [-0.05, 0) is 33.7 Å². The zero-order chi connectivity index (χ0) is 16.4. The fourth-order valence-corrected chi connectivity index (χ4v) is 4.37. The summed E-state index contributed by atoms with van der Waals surface area (Å²) >= 11 is 0. The van der Waals surface area contributed by atoms with Crippen LogP contribution in [0.1, 0.15) is 6.92 Å². The van der Waals surface area contributed by atoms with Gasteiger partial charge in [0.15, 0.2) is 9.84 Å². The third-order valence-electron chi connectivity index (χ3n) is 4.54. The molecule has 0 bridgehead atoms. The van der Waals surface area contributed by atoms with E-state index in [4.69, 9.17) is 11.5 Å². The topological polar surface area (TPSA) is 86.2 Å². The van der Waals surface area contributed by atoms with Gasteiger partial charge in [-0.3, -0.25) is 0 Å². The molecule has 0 aliphatic heterocycles. The minimum atomic E-state index is -3.38. The largest absolute Gasteiger partial charge is 0.398 e. The molecule has 0 radical (unpaired) electrons. The lowest BCUT2D eigenvalue weighted by Gasteiger charge is -2.16. The summed E-state index contributed by atoms with van der Waals surface area (Å²) in [5.41, 5.74) is 13.3. The summed E-state index contributed by atoms with van der Waals surface area (Å²) in [4.78, 5) is 0.207. The molecule has 4 nitrogen and oxygen atoms in total. The van der Waals surface area contributed by atoms with E-state index in [1.807, 2.05) is 36.4 Å². The molecule has 0 aromatic heterocycles. The minimum Gasteiger partial charge on any atom is -0.398 e. The fourth-order valence-electron chi connectivity index (χ4n) is 3.31. The Balaban J connectivity index is 2.30. The molecule has 4 aromatic carbocycles. The van der Waals surface area contributed by atoms with Crippen LogP contribution in [0.15, 0.2) is 47.4 Å². The molecule has 4 N–H and O–H groups in total. The highest BCUT2D eigenvalue weighted by atomic mass is 32.2. The zero-order valence-electron chi connectivity index (χ0n) is 12.6. The van der Waals surface area contributed by atoms with Crippen LogP contribution in [0, 0.1) is 0 Å². The van der Waals surface area contributed by atoms with Gasteiger partial charge >= 0.3 is 0 Å². The smallest absolute Gasteiger partial charge is 0.180 e. The molecule has 23 heavy (non-hydrogen) atoms. The van der Waals surface area contributed by atoms with Crippen LogP contribution in [0.2, 0.25) is 0 Å². The lowest BCUT2D eigenvalue weighted by molar-refractivity contribution is 0.598. The number of sulfone groups is 1. The number of hydrogen-bond acceptors (Lipinski definition) is 4. The number of benzene rings is 4. The SMILES string of the molecule is CCS(=O)(=O)c1cc2ccc3c(N)ccc4ccc(c1N)c2c43. The molecule has 0 heterocycles. The lowest BCUT2D eigenvalue weighted by atomic mass is 9.93. The Morgan fingerprint density at radius 2 is 1.48 bits per heavy atom. The third kappa shape index (κ3) is 1.80. The highest BCUT2D eigenvalue weighted by molar-refractivity contribution is 7.91. The Labute approximate surface area is 133 Å². The molecule has 0 aliphatic rings. The summed E-state index contributed by atoms with van der Waals surface area (Å²) in [7, 11) is -3.38. The van der Waals surface area contributed by atoms with Crippen LogP contribution in [-0.2, 0) is 9.84 Å². The van der Waals surface area contributed by atoms with Crippen molar-refractivity contribution in [2.75, 3.05) is 17.2 Å². The number of rotatable bonds is 2. The van der Waals surface area contributed by atoms with Crippen LogP contribution in [0.3, 0.4) is 0 Å². The monoisotopic (exact) mass is 324 g/mol. The summed E-state index contributed by atoms with van der Waals surface area (Å²) in [6, 6.07) is 13.2. The Kier molecular flexibility index (Phi) is 2.75. The van der Waals surface area contributed by atoms with Crippen molar-refractivity contribution in [3.63, 3.8) is 0 Å². The van der Waals surface area contributed by atoms with Crippen molar-refractivity contribution in [3.05, 3.63) is 42.5 Å². The first-order valence-electron chi connectivity index (χ1n) is 7.42. The molecule has 0 saturated carbocycles. The van der Waals surface area contributed by atoms with Crippen molar-refractivity contribution < 1.29 is 8.42 Å². The maximum Gasteiger partial charge on any atom is 0.180 e. The van der Waals surface area contributed by atoms with Crippen LogP contribution in [-0.4, -0.2) is 14.2 Å². The van der Waals surface area contributed by atoms with E-state index in [1.54, 1.807) is 13.0 Å². The Hall–Kier alpha value is -2.53. The summed E-state index contributed by atoms with van der Waals surface area (Å²) < 4.78 is 24.7. The normalized spacial score (nSPS) is 12.6. The second-order valence-electron chi connectivity index (χ2n) is 5.77. The molecule has 0 saturated heterocycles. The Bertz CT molecular complexity index is 1180. The first-order chi connectivity index (χ1) is 10.9. The first kappa shape index (κ1) is 14.1. The van der Waals surface area contributed by atoms with Crippen molar-refractivity contribution in [1.29, 1.82) is 0 Å². The molecular formula is C18H16N2O2S. The average Bonchev–Trinajstić information content (AvgIpc) is 2.55. The molecule has 4 rings (SSSR count). The molecule has 0 atom stereocenters. The van der Waals surface area contributed by atoms with Crippen LogP contribution < -0.4 is 11.5 Å². The van der Waals surface area contributed by atoms with E-state index >= 15 is 0 Å². The standard InChI is InChI=1S/C18H16N2O2S/c1-2-23(21,22)15-9-11-4-6-12-14(19)8-5-10-3-7-13(18(15)20)17(11)16(10)12/h3-9H,2,19-20H2,1H3. The fraction of sp³-hybridized carbons (Fsp3) is 0.111. The minimum absolute atomic E-state index is 0.0254. The van der Waals surface area contributed by atoms with Crippen LogP contribution >= 0.6 is 0 Å². The summed E-state index contributed by atoms with van der Waals surface area (Å²) in [6.45, 7) is 1.62. The molecule has 0 aliphatic carbocycles. The van der Waals surface area contributed by atoms with E-state index in [9.17, 15) is 8.42 Å². The molecule has 116 valence electrons. The van der Waals surface area contributed by atoms with E-state index in [2.05, 4.69) is 0 Å². The van der Waals surface area contributed by atoms with E-state index < -0.39 is 9.84 Å². The van der Waals surface area contributed by atoms with Crippen LogP contribution in [0.25, 0.3) is 32.3 Å². The number of nitrogens with two attached hydrogens (primary N) is 2. The maximum atomic E-state index is 12.3. The highest BCUT2D eigenvalue weighted by Gasteiger charge is 2.20. The predicted molar refractivity (Wildman–Crippen MR) is 96.7 cm³/mol. The molecule has 0 spiro atoms. The number of anilines is 2. The van der Waals surface area contributed by atoms with Gasteiger partial charge in [0.25, 0.3) is 0 Å². The van der Waals surface area contributed by atoms with Gasteiger partial charge in [0, 0.05) is 16.5 Å². The van der Waals surface area contributed by atoms with Crippen LogP contribution in [0.4, 0.5) is 11.4 Å². The molecule has 0 fully saturated rings. The Morgan fingerprint density at radius 1 is 0.870 bits per heavy atom. The summed E-state index contributed by atoms with van der Waals surface area (Å²) in [5, 5.41) is 5.67. The number of nitrogen functional groups attached to an aromatic ring is 2. The molecule has 4 aromatic rings. The second-order valence-corrected chi connectivity index (χ2v) is 8.02. The Morgan fingerprint density at radius 3 is 2.22 bits per heavy atom. The van der Waals surface area contributed by atoms with E-state index in [0.29, 0.717) is 11.4 Å². The van der Waals surface area contributed by atoms with Crippen molar-refractivity contribution in [3.8, 4) is 0 Å². The zero-order valence-corrected chi connectivity index (χ0v) is 13.4. The van der Waals surface area contributed by atoms with Gasteiger partial charge in [0.2, 0.25) is 0 Å². The summed E-state index contributed by atoms with van der Waals surface area (Å²) in [5.74, 6) is 0.0254. The van der Waals surface area contributed by atoms with E-state index in [1.165, 1.54) is 0 Å². The average molecular weight is 324 g/mol. The van der Waals surface area contributed by atoms with Gasteiger partial charge in [-0.25, -0.2) is 8.42 Å². The van der Waals surface area contributed by atoms with Crippen molar-refractivity contribution in [2.45, 2.75) is 11.8 Å². The van der Waals surface area contributed by atoms with Crippen molar-refractivity contribution in [1.82, 2.24) is 0 Å². The summed E-state index contributed by atoms with van der Waals surface area (Å²) in [6.07, 6.45) is 0. The maximum absolute atomic E-state index is 12.3. The van der Waals surface area contributed by atoms with E-state index in [0.717, 1.165) is 32.3 Å². The van der Waals surface area contributed by atoms with Gasteiger partial charge in [0.05, 0.1) is 16.3 Å². The van der Waals surface area contributed by atoms with Gasteiger partial charge in [0.1, 0.15) is 0 Å². The van der Waals surface area contributed by atoms with Crippen LogP contribution in [0.5, 0.6) is 0 Å². The van der Waals surface area contributed by atoms with Crippen molar-refractivity contribution in [2.24, 2.45) is 0 Å². The van der Waals surface area contributed by atoms with Gasteiger partial charge < -0.3 is 11.5 Å². The molecule has 5 heteroatoms. The molecule has 0 unspecified atom stereocenters. The molecular weight excluding hydrogens is 308 g/mol. The van der Waals surface area contributed by atoms with Gasteiger partial charge in [-0.2, -0.15) is 0 Å². The van der Waals surface area contributed by atoms with Crippen molar-refractivity contribution >= 4 is 53.5 Å². The first-order valence-corrected chi connectivity index (χ1v) is 9.07. The van der Waals surface area contributed by atoms with Gasteiger partial charge in [-0.1, -0.05) is 37.3 Å². The quantitative estimate of drug-likeness (QED) is 0.436. The van der Waals surface area contributed by atoms with Gasteiger partial charge in [-0.15, -0.1) is 0 Å². The highest BCUT2D eigenvalue weighted by Crippen LogP contribution is 2.41. The number of hydrogen-bond donors (Lipinski definition) is 2. The third-order valence-corrected chi connectivity index (χ3v) is 6.30.